The van der Waals surface area contributed by atoms with Gasteiger partial charge in [-0.2, -0.15) is 0 Å². The van der Waals surface area contributed by atoms with Crippen molar-refractivity contribution in [2.45, 2.75) is 50.7 Å². The third-order valence-corrected chi connectivity index (χ3v) is 6.34. The summed E-state index contributed by atoms with van der Waals surface area (Å²) < 4.78 is 33.9. The Labute approximate surface area is 179 Å². The van der Waals surface area contributed by atoms with E-state index in [0.29, 0.717) is 17.3 Å². The summed E-state index contributed by atoms with van der Waals surface area (Å²) >= 11 is 6.24. The molecule has 0 aromatic heterocycles. The molecule has 1 saturated carbocycles. The van der Waals surface area contributed by atoms with Gasteiger partial charge in [-0.1, -0.05) is 17.7 Å². The fourth-order valence-corrected chi connectivity index (χ4v) is 4.51. The molecule has 4 rings (SSSR count). The molecule has 2 fully saturated rings. The molecule has 160 valence electrons. The molecule has 4 nitrogen and oxygen atoms in total. The van der Waals surface area contributed by atoms with Crippen molar-refractivity contribution in [3.05, 3.63) is 63.7 Å². The van der Waals surface area contributed by atoms with E-state index in [1.165, 1.54) is 24.3 Å². The summed E-state index contributed by atoms with van der Waals surface area (Å²) in [5.74, 6) is -1.74. The SMILES string of the molecule is C[C@H](c1ccc(F)cc1Cl)N1CCCC(Oc2cc(F)c(C(=O)O)cc2C2CC2)C1. The first kappa shape index (κ1) is 21.1. The van der Waals surface area contributed by atoms with Crippen LogP contribution in [0.2, 0.25) is 5.02 Å². The summed E-state index contributed by atoms with van der Waals surface area (Å²) in [6, 6.07) is 7.06. The maximum absolute atomic E-state index is 14.3. The quantitative estimate of drug-likeness (QED) is 0.623. The molecule has 1 saturated heterocycles. The van der Waals surface area contributed by atoms with E-state index in [9.17, 15) is 18.7 Å². The third kappa shape index (κ3) is 4.44. The molecule has 2 aliphatic rings. The second-order valence-corrected chi connectivity index (χ2v) is 8.58. The predicted octanol–water partition coefficient (Wildman–Crippen LogP) is 5.80. The second-order valence-electron chi connectivity index (χ2n) is 8.17. The summed E-state index contributed by atoms with van der Waals surface area (Å²) in [6.45, 7) is 3.51. The Bertz CT molecular complexity index is 964. The molecule has 0 spiro atoms. The Morgan fingerprint density at radius 2 is 2.00 bits per heavy atom. The van der Waals surface area contributed by atoms with E-state index < -0.39 is 11.8 Å². The Balaban J connectivity index is 1.52. The largest absolute Gasteiger partial charge is 0.489 e. The third-order valence-electron chi connectivity index (χ3n) is 6.01. The minimum Gasteiger partial charge on any atom is -0.489 e. The van der Waals surface area contributed by atoms with Crippen LogP contribution in [0, 0.1) is 11.6 Å². The molecule has 1 N–H and O–H groups in total. The van der Waals surface area contributed by atoms with E-state index in [1.807, 2.05) is 6.92 Å². The van der Waals surface area contributed by atoms with Crippen LogP contribution in [0.1, 0.15) is 66.1 Å². The van der Waals surface area contributed by atoms with Gasteiger partial charge in [0.15, 0.2) is 0 Å². The minimum atomic E-state index is -1.27. The lowest BCUT2D eigenvalue weighted by atomic mass is 10.0. The van der Waals surface area contributed by atoms with Gasteiger partial charge in [0.25, 0.3) is 0 Å². The Morgan fingerprint density at radius 3 is 2.67 bits per heavy atom. The number of halogens is 3. The first-order valence-electron chi connectivity index (χ1n) is 10.3. The van der Waals surface area contributed by atoms with E-state index in [2.05, 4.69) is 4.90 Å². The summed E-state index contributed by atoms with van der Waals surface area (Å²) in [6.07, 6.45) is 3.50. The molecule has 2 atom stereocenters. The molecule has 0 amide bonds. The van der Waals surface area contributed by atoms with Gasteiger partial charge in [-0.3, -0.25) is 4.90 Å². The fraction of sp³-hybridized carbons (Fsp3) is 0.435. The number of rotatable bonds is 6. The van der Waals surface area contributed by atoms with Crippen LogP contribution in [-0.2, 0) is 0 Å². The average molecular weight is 436 g/mol. The molecule has 0 radical (unpaired) electrons. The van der Waals surface area contributed by atoms with Gasteiger partial charge >= 0.3 is 5.97 Å². The van der Waals surface area contributed by atoms with Gasteiger partial charge in [-0.05, 0) is 74.4 Å². The maximum atomic E-state index is 14.3. The number of benzene rings is 2. The summed E-state index contributed by atoms with van der Waals surface area (Å²) in [4.78, 5) is 13.5. The van der Waals surface area contributed by atoms with Crippen LogP contribution in [0.15, 0.2) is 30.3 Å². The van der Waals surface area contributed by atoms with Crippen LogP contribution >= 0.6 is 11.6 Å². The molecule has 30 heavy (non-hydrogen) atoms. The summed E-state index contributed by atoms with van der Waals surface area (Å²) in [5.41, 5.74) is 1.32. The van der Waals surface area contributed by atoms with Crippen LogP contribution in [0.4, 0.5) is 8.78 Å². The van der Waals surface area contributed by atoms with Gasteiger partial charge in [-0.25, -0.2) is 13.6 Å². The van der Waals surface area contributed by atoms with Crippen molar-refractivity contribution in [3.63, 3.8) is 0 Å². The molecule has 2 aromatic carbocycles. The van der Waals surface area contributed by atoms with Crippen molar-refractivity contribution in [3.8, 4) is 5.75 Å². The first-order valence-corrected chi connectivity index (χ1v) is 10.6. The molecule has 2 aromatic rings. The highest BCUT2D eigenvalue weighted by Crippen LogP contribution is 2.45. The number of carboxylic acids is 1. The number of hydrogen-bond donors (Lipinski definition) is 1. The van der Waals surface area contributed by atoms with Crippen molar-refractivity contribution in [1.29, 1.82) is 0 Å². The number of ether oxygens (including phenoxy) is 1. The second kappa shape index (κ2) is 8.52. The number of likely N-dealkylation sites (tertiary alicyclic amines) is 1. The van der Waals surface area contributed by atoms with E-state index in [0.717, 1.165) is 43.4 Å². The fourth-order valence-electron chi connectivity index (χ4n) is 4.18. The lowest BCUT2D eigenvalue weighted by Gasteiger charge is -2.37. The Kier molecular flexibility index (Phi) is 5.98. The molecule has 7 heteroatoms. The van der Waals surface area contributed by atoms with Gasteiger partial charge in [0.05, 0.1) is 5.56 Å². The number of nitrogens with zero attached hydrogens (tertiary/aromatic N) is 1. The van der Waals surface area contributed by atoms with Crippen molar-refractivity contribution in [2.75, 3.05) is 13.1 Å². The highest BCUT2D eigenvalue weighted by molar-refractivity contribution is 6.31. The molecule has 1 unspecified atom stereocenters. The zero-order chi connectivity index (χ0) is 21.4. The molecular formula is C23H24ClF2NO3. The standard InChI is InChI=1S/C23H24ClF2NO3/c1-13(17-7-6-15(25)9-20(17)24)27-8-2-3-16(12-27)30-22-11-21(26)19(23(28)29)10-18(22)14-4-5-14/h6-7,9-11,13-14,16H,2-5,8,12H2,1H3,(H,28,29)/t13-,16?/m1/s1. The van der Waals surface area contributed by atoms with Crippen molar-refractivity contribution in [1.82, 2.24) is 4.90 Å². The van der Waals surface area contributed by atoms with Gasteiger partial charge in [0, 0.05) is 23.7 Å². The van der Waals surface area contributed by atoms with Crippen LogP contribution < -0.4 is 4.74 Å². The lowest BCUT2D eigenvalue weighted by molar-refractivity contribution is 0.0647. The predicted molar refractivity (Wildman–Crippen MR) is 110 cm³/mol. The number of hydrogen-bond acceptors (Lipinski definition) is 3. The number of carbonyl (C=O) groups is 1. The Hall–Kier alpha value is -2.18. The van der Waals surface area contributed by atoms with E-state index in [-0.39, 0.29) is 29.4 Å². The molecule has 1 aliphatic heterocycles. The highest BCUT2D eigenvalue weighted by Gasteiger charge is 2.32. The molecule has 1 heterocycles. The summed E-state index contributed by atoms with van der Waals surface area (Å²) in [7, 11) is 0. The molecule has 0 bridgehead atoms. The maximum Gasteiger partial charge on any atom is 0.338 e. The van der Waals surface area contributed by atoms with Crippen LogP contribution in [0.5, 0.6) is 5.75 Å². The first-order chi connectivity index (χ1) is 14.3. The topological polar surface area (TPSA) is 49.8 Å². The highest BCUT2D eigenvalue weighted by atomic mass is 35.5. The van der Waals surface area contributed by atoms with Gasteiger partial charge in [0.1, 0.15) is 23.5 Å². The monoisotopic (exact) mass is 435 g/mol. The smallest absolute Gasteiger partial charge is 0.338 e. The zero-order valence-corrected chi connectivity index (χ0v) is 17.5. The minimum absolute atomic E-state index is 0.0153. The number of piperidine rings is 1. The normalized spacial score (nSPS) is 20.7. The van der Waals surface area contributed by atoms with Crippen LogP contribution in [-0.4, -0.2) is 35.2 Å². The number of carboxylic acid groups (broad SMARTS) is 1. The van der Waals surface area contributed by atoms with Crippen LogP contribution in [0.3, 0.4) is 0 Å². The lowest BCUT2D eigenvalue weighted by Crippen LogP contribution is -2.42. The van der Waals surface area contributed by atoms with Gasteiger partial charge < -0.3 is 9.84 Å². The van der Waals surface area contributed by atoms with Crippen LogP contribution in [0.25, 0.3) is 0 Å². The van der Waals surface area contributed by atoms with Gasteiger partial charge in [-0.15, -0.1) is 0 Å². The van der Waals surface area contributed by atoms with E-state index >= 15 is 0 Å². The van der Waals surface area contributed by atoms with Crippen molar-refractivity contribution >= 4 is 17.6 Å². The van der Waals surface area contributed by atoms with E-state index in [4.69, 9.17) is 16.3 Å². The molecule has 1 aliphatic carbocycles. The van der Waals surface area contributed by atoms with Crippen molar-refractivity contribution in [2.24, 2.45) is 0 Å². The van der Waals surface area contributed by atoms with Crippen molar-refractivity contribution < 1.29 is 23.4 Å². The summed E-state index contributed by atoms with van der Waals surface area (Å²) in [5, 5.41) is 9.62. The molecular weight excluding hydrogens is 412 g/mol. The zero-order valence-electron chi connectivity index (χ0n) is 16.7. The van der Waals surface area contributed by atoms with Gasteiger partial charge in [0.2, 0.25) is 0 Å². The van der Waals surface area contributed by atoms with E-state index in [1.54, 1.807) is 6.07 Å². The Morgan fingerprint density at radius 1 is 1.23 bits per heavy atom. The average Bonchev–Trinajstić information content (AvgIpc) is 3.53. The number of aromatic carboxylic acids is 1.